The highest BCUT2D eigenvalue weighted by Gasteiger charge is 2.44. The Morgan fingerprint density at radius 1 is 0.220 bits per heavy atom. The molecule has 0 aliphatic rings. The van der Waals surface area contributed by atoms with Crippen LogP contribution in [0.3, 0.4) is 0 Å². The Labute approximate surface area is 601 Å². The number of nitrogens with zero attached hydrogens (tertiary/aromatic N) is 2. The van der Waals surface area contributed by atoms with E-state index >= 15 is 0 Å². The van der Waals surface area contributed by atoms with Gasteiger partial charge in [-0.3, -0.25) is 0 Å². The number of rotatable bonds is 25. The summed E-state index contributed by atoms with van der Waals surface area (Å²) in [6.45, 7) is 31.5. The summed E-state index contributed by atoms with van der Waals surface area (Å²) in [4.78, 5) is 4.67. The van der Waals surface area contributed by atoms with E-state index < -0.39 is 50.4 Å². The first-order chi connectivity index (χ1) is 47.7. The molecule has 0 aliphatic carbocycles. The molecule has 0 atom stereocenters. The van der Waals surface area contributed by atoms with Gasteiger partial charge < -0.3 is 36.9 Å². The van der Waals surface area contributed by atoms with Crippen molar-refractivity contribution < 1.29 is 16.5 Å². The molecule has 12 rings (SSSR count). The van der Waals surface area contributed by atoms with Gasteiger partial charge in [0, 0.05) is 67.8 Å². The van der Waals surface area contributed by atoms with Crippen molar-refractivity contribution in [1.29, 1.82) is 0 Å². The predicted octanol–water partition coefficient (Wildman–Crippen LogP) is 24.4. The van der Waals surface area contributed by atoms with E-state index in [1.807, 2.05) is 0 Å². The topological polar surface area (TPSA) is 67.5 Å². The molecule has 0 saturated heterocycles. The standard InChI is InChI=1S/C86H94N4O4Si6/c1-95(2,3)91-99(13,92-96(4,5)6)79-41-27-35-71(63-79)87-85-81(67-31-19-15-20-32-67)43-29-45-83(85)69-51-59-77(60-52-69)89(73-37-23-17-24-38-73)75-55-47-65(48-56-75)66-49-57-76(58-50-66)90(74-39-25-18-26-40-74)78-61-53-70(54-62-78)84-46-30-44-82(68-33-21-16-22-34-68)86(84)88-72-36-28-42-80(64-72)100(14,93-97(7,8)9)94-98(10,11)12/h15-64,87-88H,1-14H3. The lowest BCUT2D eigenvalue weighted by atomic mass is 9.95. The van der Waals surface area contributed by atoms with E-state index in [1.54, 1.807) is 0 Å². The minimum absolute atomic E-state index is 0.992. The van der Waals surface area contributed by atoms with Crippen LogP contribution in [0.1, 0.15) is 0 Å². The number of anilines is 10. The van der Waals surface area contributed by atoms with Crippen molar-refractivity contribution in [1.82, 2.24) is 0 Å². The largest absolute Gasteiger partial charge is 0.433 e. The molecular weight excluding hydrogens is 1320 g/mol. The van der Waals surface area contributed by atoms with Crippen molar-refractivity contribution in [3.05, 3.63) is 303 Å². The van der Waals surface area contributed by atoms with Crippen molar-refractivity contribution in [3.8, 4) is 55.6 Å². The average Bonchev–Trinajstić information content (AvgIpc) is 0.790. The number of benzene rings is 12. The monoisotopic (exact) mass is 1410 g/mol. The molecule has 0 fully saturated rings. The highest BCUT2D eigenvalue weighted by Crippen LogP contribution is 2.45. The Hall–Kier alpha value is -9.02. The molecule has 2 N–H and O–H groups in total. The van der Waals surface area contributed by atoms with Gasteiger partial charge in [0.1, 0.15) is 0 Å². The lowest BCUT2D eigenvalue weighted by molar-refractivity contribution is 0.403. The summed E-state index contributed by atoms with van der Waals surface area (Å²) < 4.78 is 28.2. The van der Waals surface area contributed by atoms with E-state index in [9.17, 15) is 0 Å². The van der Waals surface area contributed by atoms with Crippen molar-refractivity contribution in [3.63, 3.8) is 0 Å². The van der Waals surface area contributed by atoms with Crippen LogP contribution in [-0.4, -0.2) is 50.4 Å². The zero-order valence-corrected chi connectivity index (χ0v) is 66.4. The van der Waals surface area contributed by atoms with Crippen LogP contribution in [0.2, 0.25) is 91.7 Å². The summed E-state index contributed by atoms with van der Waals surface area (Å²) in [5.74, 6) is 0. The number of nitrogens with one attached hydrogen (secondary N) is 2. The maximum Gasteiger partial charge on any atom is 0.348 e. The quantitative estimate of drug-likeness (QED) is 0.0549. The second-order valence-electron chi connectivity index (χ2n) is 29.9. The molecule has 100 heavy (non-hydrogen) atoms. The first-order valence-corrected chi connectivity index (χ1v) is 53.0. The van der Waals surface area contributed by atoms with Crippen LogP contribution in [0.4, 0.5) is 56.9 Å². The molecule has 0 aromatic heterocycles. The average molecular weight is 1420 g/mol. The second kappa shape index (κ2) is 29.7. The lowest BCUT2D eigenvalue weighted by Gasteiger charge is -2.38. The molecule has 0 spiro atoms. The van der Waals surface area contributed by atoms with Crippen LogP contribution >= 0.6 is 0 Å². The number of hydrogen-bond acceptors (Lipinski definition) is 8. The SMILES string of the molecule is C[Si](C)(C)O[Si](C)(O[Si](C)(C)C)c1cccc(Nc2c(-c3ccccc3)cccc2-c2ccc(N(c3ccccc3)c3ccc(-c4ccc(N(c5ccccc5)c5ccc(-c6cccc(-c7ccccc7)c6Nc6cccc([Si](C)(O[Si](C)(C)C)O[Si](C)(C)C)c6)cc5)cc4)cc3)cc2)c1. The van der Waals surface area contributed by atoms with E-state index in [-0.39, 0.29) is 0 Å². The van der Waals surface area contributed by atoms with Crippen LogP contribution in [0, 0.1) is 0 Å². The fourth-order valence-electron chi connectivity index (χ4n) is 13.5. The van der Waals surface area contributed by atoms with Gasteiger partial charge in [-0.05, 0) is 232 Å². The molecule has 8 nitrogen and oxygen atoms in total. The molecule has 14 heteroatoms. The third-order valence-corrected chi connectivity index (χ3v) is 35.9. The number of para-hydroxylation sites is 4. The minimum atomic E-state index is -2.78. The smallest absolute Gasteiger partial charge is 0.348 e. The summed E-state index contributed by atoms with van der Waals surface area (Å²) in [6.07, 6.45) is 0. The summed E-state index contributed by atoms with van der Waals surface area (Å²) in [7, 11) is -13.4. The first kappa shape index (κ1) is 70.8. The Kier molecular flexibility index (Phi) is 21.0. The lowest BCUT2D eigenvalue weighted by Crippen LogP contribution is -2.60. The summed E-state index contributed by atoms with van der Waals surface area (Å²) >= 11 is 0. The zero-order chi connectivity index (χ0) is 70.5. The van der Waals surface area contributed by atoms with Crippen LogP contribution in [0.15, 0.2) is 303 Å². The first-order valence-electron chi connectivity index (χ1n) is 34.8. The molecule has 0 bridgehead atoms. The van der Waals surface area contributed by atoms with Gasteiger partial charge in [0.2, 0.25) is 0 Å². The van der Waals surface area contributed by atoms with E-state index in [0.717, 1.165) is 123 Å². The van der Waals surface area contributed by atoms with Gasteiger partial charge in [-0.1, -0.05) is 206 Å². The highest BCUT2D eigenvalue weighted by atomic mass is 28.5. The third-order valence-electron chi connectivity index (χ3n) is 17.1. The maximum atomic E-state index is 7.04. The molecule has 0 radical (unpaired) electrons. The van der Waals surface area contributed by atoms with Gasteiger partial charge in [0.15, 0.2) is 33.3 Å². The highest BCUT2D eigenvalue weighted by molar-refractivity contribution is 6.95. The molecule has 0 aliphatic heterocycles. The Morgan fingerprint density at radius 2 is 0.450 bits per heavy atom. The van der Waals surface area contributed by atoms with E-state index in [2.05, 4.69) is 415 Å². The zero-order valence-electron chi connectivity index (χ0n) is 60.4. The summed E-state index contributed by atoms with van der Waals surface area (Å²) in [6, 6.07) is 109. The Bertz CT molecular complexity index is 4380. The molecule has 0 saturated carbocycles. The van der Waals surface area contributed by atoms with E-state index in [0.29, 0.717) is 0 Å². The minimum Gasteiger partial charge on any atom is -0.433 e. The van der Waals surface area contributed by atoms with Gasteiger partial charge in [-0.2, -0.15) is 0 Å². The van der Waals surface area contributed by atoms with Crippen LogP contribution in [0.5, 0.6) is 0 Å². The van der Waals surface area contributed by atoms with Crippen LogP contribution in [-0.2, 0) is 16.5 Å². The van der Waals surface area contributed by atoms with Gasteiger partial charge in [0.05, 0.1) is 11.4 Å². The summed E-state index contributed by atoms with van der Waals surface area (Å²) in [5.41, 5.74) is 21.6. The molecule has 0 amide bonds. The van der Waals surface area contributed by atoms with Crippen molar-refractivity contribution in [2.45, 2.75) is 91.7 Å². The molecule has 0 heterocycles. The molecule has 0 unspecified atom stereocenters. The van der Waals surface area contributed by atoms with Gasteiger partial charge >= 0.3 is 17.1 Å². The predicted molar refractivity (Wildman–Crippen MR) is 443 cm³/mol. The molecular formula is C86H94N4O4Si6. The van der Waals surface area contributed by atoms with Gasteiger partial charge in [0.25, 0.3) is 0 Å². The fourth-order valence-corrected chi connectivity index (χ4v) is 36.8. The van der Waals surface area contributed by atoms with Crippen molar-refractivity contribution >= 4 is 118 Å². The number of hydrogen-bond donors (Lipinski definition) is 2. The van der Waals surface area contributed by atoms with E-state index in [4.69, 9.17) is 16.5 Å². The third kappa shape index (κ3) is 17.4. The van der Waals surface area contributed by atoms with Crippen molar-refractivity contribution in [2.75, 3.05) is 20.4 Å². The van der Waals surface area contributed by atoms with Gasteiger partial charge in [-0.25, -0.2) is 0 Å². The normalized spacial score (nSPS) is 12.3. The fraction of sp³-hybridized carbons (Fsp3) is 0.163. The molecule has 12 aromatic carbocycles. The Balaban J connectivity index is 0.826. The van der Waals surface area contributed by atoms with Crippen LogP contribution < -0.4 is 30.8 Å². The second-order valence-corrected chi connectivity index (χ2v) is 55.0. The molecule has 506 valence electrons. The van der Waals surface area contributed by atoms with Gasteiger partial charge in [-0.15, -0.1) is 0 Å². The van der Waals surface area contributed by atoms with E-state index in [1.165, 1.54) is 0 Å². The summed E-state index contributed by atoms with van der Waals surface area (Å²) in [5, 5.41) is 10.2. The van der Waals surface area contributed by atoms with Crippen molar-refractivity contribution in [2.24, 2.45) is 0 Å². The Morgan fingerprint density at radius 3 is 0.720 bits per heavy atom. The maximum absolute atomic E-state index is 7.04. The van der Waals surface area contributed by atoms with Crippen LogP contribution in [0.25, 0.3) is 55.6 Å². The molecule has 12 aromatic rings.